The third kappa shape index (κ3) is 4.82. The number of hydrogen-bond donors (Lipinski definition) is 0. The summed E-state index contributed by atoms with van der Waals surface area (Å²) in [6.07, 6.45) is 10.5. The van der Waals surface area contributed by atoms with Gasteiger partial charge in [0.2, 0.25) is 0 Å². The van der Waals surface area contributed by atoms with Gasteiger partial charge in [0.25, 0.3) is 0 Å². The number of methoxy groups -OCH3 is 1. The molecule has 1 aliphatic carbocycles. The fourth-order valence-electron chi connectivity index (χ4n) is 7.42. The SMILES string of the molecule is C=Cc1c(C)/c2[n-]/c1=C\C1[N-]C(/C=c3\[n-]c4c(c3C)C(=O)CC=4C3[N-]C(\C=2)C(C)C3CCC(=O)OC)C(CC)=C1C.[Ni]. The minimum atomic E-state index is -0.229. The average molecular weight is 609 g/mol. The Morgan fingerprint density at radius 2 is 1.76 bits per heavy atom. The summed E-state index contributed by atoms with van der Waals surface area (Å²) in [5, 5.41) is 13.9. The first-order valence-electron chi connectivity index (χ1n) is 14.7. The largest absolute Gasteiger partial charge is 0.658 e. The van der Waals surface area contributed by atoms with E-state index in [9.17, 15) is 9.59 Å². The first-order valence-corrected chi connectivity index (χ1v) is 14.7. The molecule has 8 bridgehead atoms. The third-order valence-electron chi connectivity index (χ3n) is 9.86. The molecular weight excluding hydrogens is 571 g/mol. The van der Waals surface area contributed by atoms with Gasteiger partial charge in [-0.25, -0.2) is 0 Å². The zero-order valence-corrected chi connectivity index (χ0v) is 26.1. The van der Waals surface area contributed by atoms with Crippen molar-refractivity contribution in [3.8, 4) is 0 Å². The van der Waals surface area contributed by atoms with Crippen molar-refractivity contribution in [1.82, 2.24) is 9.97 Å². The Hall–Kier alpha value is -2.93. The van der Waals surface area contributed by atoms with E-state index in [1.807, 2.05) is 13.0 Å². The molecule has 7 nitrogen and oxygen atoms in total. The molecule has 4 aliphatic rings. The molecule has 226 valence electrons. The number of Topliss-reactive ketones (excluding diaryl/α,β-unsaturated/α-hetero) is 1. The molecule has 3 aliphatic heterocycles. The van der Waals surface area contributed by atoms with Crippen LogP contribution in [0.4, 0.5) is 0 Å². The number of esters is 1. The molecule has 2 aromatic rings. The van der Waals surface area contributed by atoms with Crippen LogP contribution in [0.3, 0.4) is 0 Å². The maximum absolute atomic E-state index is 13.4. The van der Waals surface area contributed by atoms with E-state index in [0.29, 0.717) is 19.3 Å². The maximum atomic E-state index is 13.4. The number of rotatable bonds is 5. The summed E-state index contributed by atoms with van der Waals surface area (Å²) in [4.78, 5) is 35.8. The third-order valence-corrected chi connectivity index (χ3v) is 9.86. The quantitative estimate of drug-likeness (QED) is 0.295. The molecule has 5 heterocycles. The second-order valence-electron chi connectivity index (χ2n) is 11.9. The van der Waals surface area contributed by atoms with E-state index in [1.165, 1.54) is 18.3 Å². The number of aromatic nitrogens is 2. The molecule has 0 aromatic carbocycles. The molecule has 0 radical (unpaired) electrons. The predicted molar refractivity (Wildman–Crippen MR) is 162 cm³/mol. The van der Waals surface area contributed by atoms with Crippen molar-refractivity contribution < 1.29 is 30.8 Å². The van der Waals surface area contributed by atoms with Crippen LogP contribution in [0.2, 0.25) is 0 Å². The molecule has 1 fully saturated rings. The van der Waals surface area contributed by atoms with Crippen molar-refractivity contribution in [3.05, 3.63) is 72.0 Å². The van der Waals surface area contributed by atoms with Crippen LogP contribution in [0, 0.1) is 25.7 Å². The molecular formula is C34H38N4NiO3-4. The molecule has 6 rings (SSSR count). The van der Waals surface area contributed by atoms with E-state index in [4.69, 9.17) is 25.3 Å². The number of nitrogens with zero attached hydrogens (tertiary/aromatic N) is 4. The first kappa shape index (κ1) is 30.5. The molecule has 6 atom stereocenters. The van der Waals surface area contributed by atoms with Crippen LogP contribution in [-0.2, 0) is 26.0 Å². The van der Waals surface area contributed by atoms with Crippen molar-refractivity contribution in [3.63, 3.8) is 0 Å². The minimum absolute atomic E-state index is 0. The summed E-state index contributed by atoms with van der Waals surface area (Å²) < 4.78 is 4.97. The number of ether oxygens (including phenoxy) is 1. The topological polar surface area (TPSA) is 99.8 Å². The molecule has 0 N–H and O–H groups in total. The summed E-state index contributed by atoms with van der Waals surface area (Å²) in [5.41, 5.74) is 7.27. The molecule has 2 aromatic heterocycles. The Morgan fingerprint density at radius 3 is 2.45 bits per heavy atom. The summed E-state index contributed by atoms with van der Waals surface area (Å²) in [7, 11) is 1.42. The van der Waals surface area contributed by atoms with Crippen molar-refractivity contribution in [1.29, 1.82) is 0 Å². The van der Waals surface area contributed by atoms with Crippen LogP contribution in [0.15, 0.2) is 17.7 Å². The molecule has 1 saturated heterocycles. The van der Waals surface area contributed by atoms with Crippen LogP contribution in [0.5, 0.6) is 0 Å². The van der Waals surface area contributed by atoms with Crippen molar-refractivity contribution in [2.75, 3.05) is 7.11 Å². The van der Waals surface area contributed by atoms with Crippen molar-refractivity contribution in [2.24, 2.45) is 11.8 Å². The Labute approximate surface area is 257 Å². The standard InChI is InChI=1S/C34H38N4O3.Ni/c1-8-20-16(3)24-13-26-18(5)22(10-11-31(40)41-7)33(37-26)23-12-30(39)32-19(6)27(38-34(23)32)15-29-21(9-2)17(4)25(36-29)14-28(20)35-24;/h8,13-15,18,22,25-26,29,33H,1,9-12H2,2-7H3;/q-4;/b24-13-,27-15-,28-14-;. The second kappa shape index (κ2) is 11.6. The monoisotopic (exact) mass is 608 g/mol. The summed E-state index contributed by atoms with van der Waals surface area (Å²) in [6.45, 7) is 14.7. The maximum Gasteiger partial charge on any atom is 0.305 e. The number of carbonyl (C=O) groups excluding carboxylic acids is 2. The summed E-state index contributed by atoms with van der Waals surface area (Å²) >= 11 is 0. The Morgan fingerprint density at radius 1 is 1.05 bits per heavy atom. The van der Waals surface area contributed by atoms with E-state index in [2.05, 4.69) is 52.5 Å². The van der Waals surface area contributed by atoms with Gasteiger partial charge in [-0.3, -0.25) is 9.59 Å². The number of fused-ring (bicyclic) bond motifs is 8. The van der Waals surface area contributed by atoms with Gasteiger partial charge in [0, 0.05) is 34.9 Å². The van der Waals surface area contributed by atoms with E-state index in [1.54, 1.807) is 0 Å². The van der Waals surface area contributed by atoms with Crippen molar-refractivity contribution >= 4 is 41.6 Å². The molecule has 0 spiro atoms. The van der Waals surface area contributed by atoms with Gasteiger partial charge in [0.1, 0.15) is 0 Å². The smallest absolute Gasteiger partial charge is 0.305 e. The van der Waals surface area contributed by atoms with E-state index in [0.717, 1.165) is 55.6 Å². The van der Waals surface area contributed by atoms with Crippen molar-refractivity contribution in [2.45, 2.75) is 84.5 Å². The van der Waals surface area contributed by atoms with Crippen LogP contribution < -0.4 is 31.4 Å². The fraction of sp³-hybridized carbons (Fsp3) is 0.471. The summed E-state index contributed by atoms with van der Waals surface area (Å²) in [5.74, 6) is 0.0988. The van der Waals surface area contributed by atoms with Gasteiger partial charge in [0.15, 0.2) is 5.78 Å². The number of ketones is 1. The van der Waals surface area contributed by atoms with Gasteiger partial charge >= 0.3 is 5.97 Å². The predicted octanol–water partition coefficient (Wildman–Crippen LogP) is 2.83. The molecule has 0 amide bonds. The normalized spacial score (nSPS) is 30.2. The Balaban J connectivity index is 0.00000353. The second-order valence-corrected chi connectivity index (χ2v) is 11.9. The summed E-state index contributed by atoms with van der Waals surface area (Å²) in [6, 6.07) is -0.514. The minimum Gasteiger partial charge on any atom is -0.658 e. The molecule has 42 heavy (non-hydrogen) atoms. The molecule has 6 unspecified atom stereocenters. The Kier molecular flexibility index (Phi) is 8.45. The molecule has 8 heteroatoms. The van der Waals surface area contributed by atoms with Crippen LogP contribution >= 0.6 is 0 Å². The average Bonchev–Trinajstić information content (AvgIpc) is 3.70. The van der Waals surface area contributed by atoms with Gasteiger partial charge in [-0.2, -0.15) is 0 Å². The molecule has 0 saturated carbocycles. The zero-order chi connectivity index (χ0) is 29.2. The van der Waals surface area contributed by atoms with Gasteiger partial charge < -0.3 is 25.3 Å². The van der Waals surface area contributed by atoms with E-state index in [-0.39, 0.29) is 64.2 Å². The van der Waals surface area contributed by atoms with Crippen LogP contribution in [-0.4, -0.2) is 43.0 Å². The first-order chi connectivity index (χ1) is 19.7. The van der Waals surface area contributed by atoms with Crippen LogP contribution in [0.25, 0.3) is 40.5 Å². The van der Waals surface area contributed by atoms with E-state index >= 15 is 0 Å². The van der Waals surface area contributed by atoms with Gasteiger partial charge in [-0.1, -0.05) is 78.3 Å². The van der Waals surface area contributed by atoms with E-state index < -0.39 is 0 Å². The van der Waals surface area contributed by atoms with Gasteiger partial charge in [0.05, 0.1) is 7.11 Å². The number of hydrogen-bond acceptors (Lipinski definition) is 3. The van der Waals surface area contributed by atoms with Gasteiger partial charge in [-0.05, 0) is 39.2 Å². The number of carbonyl (C=O) groups is 2. The fourth-order valence-corrected chi connectivity index (χ4v) is 7.42. The Bertz CT molecular complexity index is 1740. The van der Waals surface area contributed by atoms with Gasteiger partial charge in [-0.15, -0.1) is 51.7 Å². The van der Waals surface area contributed by atoms with Crippen LogP contribution in [0.1, 0.15) is 73.5 Å². The zero-order valence-electron chi connectivity index (χ0n) is 25.1.